The average Bonchev–Trinajstić information content (AvgIpc) is 2.55. The zero-order valence-corrected chi connectivity index (χ0v) is 14.4. The van der Waals surface area contributed by atoms with E-state index in [1.165, 1.54) is 12.7 Å². The Kier molecular flexibility index (Phi) is 6.05. The summed E-state index contributed by atoms with van der Waals surface area (Å²) in [7, 11) is 1.38. The summed E-state index contributed by atoms with van der Waals surface area (Å²) in [5, 5.41) is 0.594. The van der Waals surface area contributed by atoms with E-state index in [0.717, 1.165) is 28.9 Å². The molecule has 0 N–H and O–H groups in total. The first kappa shape index (κ1) is 17.4. The Bertz CT molecular complexity index is 695. The van der Waals surface area contributed by atoms with Crippen LogP contribution in [0.2, 0.25) is 5.02 Å². The van der Waals surface area contributed by atoms with Gasteiger partial charge in [0, 0.05) is 10.6 Å². The van der Waals surface area contributed by atoms with Gasteiger partial charge in [0.25, 0.3) is 0 Å². The minimum atomic E-state index is -0.293. The second-order valence-corrected chi connectivity index (χ2v) is 5.79. The third-order valence-corrected chi connectivity index (χ3v) is 4.10. The van der Waals surface area contributed by atoms with Gasteiger partial charge in [-0.25, -0.2) is 0 Å². The Hall–Kier alpha value is -2.00. The zero-order valence-electron chi connectivity index (χ0n) is 13.7. The van der Waals surface area contributed by atoms with Crippen molar-refractivity contribution in [3.05, 3.63) is 63.7 Å². The molecule has 0 heterocycles. The highest BCUT2D eigenvalue weighted by Crippen LogP contribution is 2.26. The molecule has 2 aromatic carbocycles. The van der Waals surface area contributed by atoms with Crippen molar-refractivity contribution in [2.45, 2.75) is 33.3 Å². The Morgan fingerprint density at radius 2 is 1.96 bits per heavy atom. The van der Waals surface area contributed by atoms with Crippen molar-refractivity contribution in [3.8, 4) is 5.75 Å². The van der Waals surface area contributed by atoms with Crippen LogP contribution in [-0.4, -0.2) is 13.1 Å². The number of hydrogen-bond acceptors (Lipinski definition) is 3. The maximum absolute atomic E-state index is 11.6. The molecule has 0 aliphatic carbocycles. The summed E-state index contributed by atoms with van der Waals surface area (Å²) in [6, 6.07) is 11.6. The minimum absolute atomic E-state index is 0.185. The molecule has 0 radical (unpaired) electrons. The smallest absolute Gasteiger partial charge is 0.309 e. The molecular formula is C19H21ClO3. The molecule has 0 saturated carbocycles. The number of aryl methyl sites for hydroxylation is 2. The van der Waals surface area contributed by atoms with Crippen molar-refractivity contribution in [2.75, 3.05) is 7.11 Å². The normalized spacial score (nSPS) is 10.4. The SMILES string of the molecule is CCc1cc(C)ccc1OCc1c(Cl)cccc1CC(=O)OC. The number of halogens is 1. The van der Waals surface area contributed by atoms with Crippen molar-refractivity contribution in [1.29, 1.82) is 0 Å². The molecule has 3 nitrogen and oxygen atoms in total. The third kappa shape index (κ3) is 4.49. The highest BCUT2D eigenvalue weighted by molar-refractivity contribution is 6.31. The fourth-order valence-corrected chi connectivity index (χ4v) is 2.68. The van der Waals surface area contributed by atoms with Crippen molar-refractivity contribution < 1.29 is 14.3 Å². The second-order valence-electron chi connectivity index (χ2n) is 5.38. The highest BCUT2D eigenvalue weighted by Gasteiger charge is 2.13. The predicted octanol–water partition coefficient (Wildman–Crippen LogP) is 4.51. The van der Waals surface area contributed by atoms with E-state index in [1.54, 1.807) is 6.07 Å². The Labute approximate surface area is 142 Å². The summed E-state index contributed by atoms with van der Waals surface area (Å²) in [6.07, 6.45) is 1.08. The molecule has 0 aliphatic heterocycles. The Morgan fingerprint density at radius 1 is 1.17 bits per heavy atom. The molecule has 4 heteroatoms. The molecule has 0 spiro atoms. The third-order valence-electron chi connectivity index (χ3n) is 3.75. The van der Waals surface area contributed by atoms with E-state index in [9.17, 15) is 4.79 Å². The average molecular weight is 333 g/mol. The lowest BCUT2D eigenvalue weighted by Gasteiger charge is -2.15. The molecule has 2 aromatic rings. The quantitative estimate of drug-likeness (QED) is 0.730. The van der Waals surface area contributed by atoms with E-state index in [-0.39, 0.29) is 12.4 Å². The summed E-state index contributed by atoms with van der Waals surface area (Å²) in [5.74, 6) is 0.556. The van der Waals surface area contributed by atoms with Gasteiger partial charge in [-0.15, -0.1) is 0 Å². The molecule has 0 bridgehead atoms. The summed E-state index contributed by atoms with van der Waals surface area (Å²) in [5.41, 5.74) is 4.02. The van der Waals surface area contributed by atoms with Crippen LogP contribution >= 0.6 is 11.6 Å². The van der Waals surface area contributed by atoms with Crippen LogP contribution in [0.4, 0.5) is 0 Å². The van der Waals surface area contributed by atoms with Gasteiger partial charge in [-0.05, 0) is 36.6 Å². The van der Waals surface area contributed by atoms with Crippen LogP contribution in [0.3, 0.4) is 0 Å². The number of hydrogen-bond donors (Lipinski definition) is 0. The van der Waals surface area contributed by atoms with Gasteiger partial charge < -0.3 is 9.47 Å². The van der Waals surface area contributed by atoms with Crippen LogP contribution in [-0.2, 0) is 29.0 Å². The summed E-state index contributed by atoms with van der Waals surface area (Å²) >= 11 is 6.29. The van der Waals surface area contributed by atoms with Gasteiger partial charge in [0.2, 0.25) is 0 Å². The van der Waals surface area contributed by atoms with E-state index >= 15 is 0 Å². The lowest BCUT2D eigenvalue weighted by molar-refractivity contribution is -0.139. The Morgan fingerprint density at radius 3 is 2.65 bits per heavy atom. The molecule has 0 amide bonds. The van der Waals surface area contributed by atoms with Gasteiger partial charge in [-0.2, -0.15) is 0 Å². The number of benzene rings is 2. The summed E-state index contributed by atoms with van der Waals surface area (Å²) < 4.78 is 10.7. The lowest BCUT2D eigenvalue weighted by atomic mass is 10.0. The zero-order chi connectivity index (χ0) is 16.8. The monoisotopic (exact) mass is 332 g/mol. The van der Waals surface area contributed by atoms with Crippen LogP contribution in [0.15, 0.2) is 36.4 Å². The topological polar surface area (TPSA) is 35.5 Å². The minimum Gasteiger partial charge on any atom is -0.489 e. The molecule has 0 fully saturated rings. The Balaban J connectivity index is 2.22. The molecule has 0 unspecified atom stereocenters. The van der Waals surface area contributed by atoms with Gasteiger partial charge in [0.1, 0.15) is 12.4 Å². The van der Waals surface area contributed by atoms with E-state index < -0.39 is 0 Å². The van der Waals surface area contributed by atoms with E-state index in [2.05, 4.69) is 19.9 Å². The van der Waals surface area contributed by atoms with Crippen LogP contribution in [0.5, 0.6) is 5.75 Å². The molecule has 0 aromatic heterocycles. The van der Waals surface area contributed by atoms with Gasteiger partial charge in [0.05, 0.1) is 13.5 Å². The number of methoxy groups -OCH3 is 1. The number of esters is 1. The second kappa shape index (κ2) is 8.02. The van der Waals surface area contributed by atoms with Crippen LogP contribution in [0, 0.1) is 6.92 Å². The number of carbonyl (C=O) groups is 1. The maximum Gasteiger partial charge on any atom is 0.309 e. The standard InChI is InChI=1S/C19H21ClO3/c1-4-14-10-13(2)8-9-18(14)23-12-16-15(11-19(21)22-3)6-5-7-17(16)20/h5-10H,4,11-12H2,1-3H3. The van der Waals surface area contributed by atoms with Crippen molar-refractivity contribution in [2.24, 2.45) is 0 Å². The highest BCUT2D eigenvalue weighted by atomic mass is 35.5. The summed E-state index contributed by atoms with van der Waals surface area (Å²) in [6.45, 7) is 4.48. The summed E-state index contributed by atoms with van der Waals surface area (Å²) in [4.78, 5) is 11.6. The van der Waals surface area contributed by atoms with Crippen molar-refractivity contribution in [3.63, 3.8) is 0 Å². The lowest BCUT2D eigenvalue weighted by Crippen LogP contribution is -2.09. The number of carbonyl (C=O) groups excluding carboxylic acids is 1. The first-order valence-corrected chi connectivity index (χ1v) is 7.98. The van der Waals surface area contributed by atoms with E-state index in [4.69, 9.17) is 21.1 Å². The van der Waals surface area contributed by atoms with E-state index in [0.29, 0.717) is 11.6 Å². The fraction of sp³-hybridized carbons (Fsp3) is 0.316. The molecule has 0 atom stereocenters. The van der Waals surface area contributed by atoms with Crippen LogP contribution in [0.1, 0.15) is 29.2 Å². The van der Waals surface area contributed by atoms with Gasteiger partial charge in [-0.3, -0.25) is 4.79 Å². The fourth-order valence-electron chi connectivity index (χ4n) is 2.43. The van der Waals surface area contributed by atoms with E-state index in [1.807, 2.05) is 24.3 Å². The molecular weight excluding hydrogens is 312 g/mol. The van der Waals surface area contributed by atoms with Gasteiger partial charge >= 0.3 is 5.97 Å². The van der Waals surface area contributed by atoms with Crippen molar-refractivity contribution in [1.82, 2.24) is 0 Å². The first-order valence-electron chi connectivity index (χ1n) is 7.60. The van der Waals surface area contributed by atoms with Gasteiger partial charge in [-0.1, -0.05) is 48.4 Å². The maximum atomic E-state index is 11.6. The number of rotatable bonds is 6. The van der Waals surface area contributed by atoms with Crippen LogP contribution < -0.4 is 4.74 Å². The molecule has 0 aliphatic rings. The molecule has 23 heavy (non-hydrogen) atoms. The molecule has 2 rings (SSSR count). The first-order chi connectivity index (χ1) is 11.0. The molecule has 122 valence electrons. The van der Waals surface area contributed by atoms with Crippen molar-refractivity contribution >= 4 is 17.6 Å². The number of ether oxygens (including phenoxy) is 2. The van der Waals surface area contributed by atoms with Gasteiger partial charge in [0.15, 0.2) is 0 Å². The largest absolute Gasteiger partial charge is 0.489 e. The van der Waals surface area contributed by atoms with Crippen LogP contribution in [0.25, 0.3) is 0 Å². The molecule has 0 saturated heterocycles. The predicted molar refractivity (Wildman–Crippen MR) is 92.1 cm³/mol.